The molecule has 3 nitrogen and oxygen atoms in total. The van der Waals surface area contributed by atoms with Crippen LogP contribution in [0.25, 0.3) is 0 Å². The monoisotopic (exact) mass is 206 g/mol. The fourth-order valence-electron chi connectivity index (χ4n) is 2.11. The normalized spacial score (nSPS) is 17.9. The van der Waals surface area contributed by atoms with Crippen LogP contribution < -0.4 is 5.32 Å². The number of hydrogen-bond acceptors (Lipinski definition) is 3. The van der Waals surface area contributed by atoms with E-state index in [4.69, 9.17) is 5.11 Å². The minimum atomic E-state index is 0.0417. The zero-order valence-corrected chi connectivity index (χ0v) is 8.95. The fraction of sp³-hybridized carbons (Fsp3) is 0.583. The Bertz CT molecular complexity index is 308. The Morgan fingerprint density at radius 3 is 2.73 bits per heavy atom. The van der Waals surface area contributed by atoms with Gasteiger partial charge in [-0.15, -0.1) is 0 Å². The summed E-state index contributed by atoms with van der Waals surface area (Å²) < 4.78 is 0. The first kappa shape index (κ1) is 10.6. The smallest absolute Gasteiger partial charge is 0.0853 e. The van der Waals surface area contributed by atoms with Gasteiger partial charge in [0.1, 0.15) is 0 Å². The van der Waals surface area contributed by atoms with E-state index in [2.05, 4.69) is 16.4 Å². The first-order chi connectivity index (χ1) is 7.38. The molecule has 0 amide bonds. The van der Waals surface area contributed by atoms with Crippen LogP contribution >= 0.6 is 0 Å². The minimum absolute atomic E-state index is 0.0417. The molecule has 3 heteroatoms. The van der Waals surface area contributed by atoms with Gasteiger partial charge in [0.2, 0.25) is 0 Å². The Hall–Kier alpha value is -0.930. The second-order valence-electron chi connectivity index (χ2n) is 4.18. The maximum atomic E-state index is 9.00. The summed E-state index contributed by atoms with van der Waals surface area (Å²) in [5, 5.41) is 12.4. The highest BCUT2D eigenvalue weighted by atomic mass is 16.3. The summed E-state index contributed by atoms with van der Waals surface area (Å²) in [4.78, 5) is 4.41. The van der Waals surface area contributed by atoms with Crippen molar-refractivity contribution in [2.45, 2.75) is 25.9 Å². The molecule has 0 aliphatic carbocycles. The lowest BCUT2D eigenvalue weighted by molar-refractivity contribution is 0.276. The highest BCUT2D eigenvalue weighted by molar-refractivity contribution is 5.11. The van der Waals surface area contributed by atoms with E-state index in [-0.39, 0.29) is 6.61 Å². The average molecular weight is 206 g/mol. The van der Waals surface area contributed by atoms with E-state index >= 15 is 0 Å². The number of rotatable bonds is 3. The Labute approximate surface area is 90.5 Å². The molecule has 82 valence electrons. The van der Waals surface area contributed by atoms with Crippen LogP contribution in [-0.4, -0.2) is 23.2 Å². The average Bonchev–Trinajstić information content (AvgIpc) is 2.31. The number of aliphatic hydroxyl groups is 1. The fourth-order valence-corrected chi connectivity index (χ4v) is 2.11. The number of nitrogens with zero attached hydrogens (tertiary/aromatic N) is 1. The molecule has 1 aliphatic rings. The van der Waals surface area contributed by atoms with Gasteiger partial charge in [0, 0.05) is 5.69 Å². The third kappa shape index (κ3) is 3.01. The number of nitrogens with one attached hydrogen (secondary N) is 1. The molecule has 15 heavy (non-hydrogen) atoms. The van der Waals surface area contributed by atoms with Gasteiger partial charge in [-0.1, -0.05) is 6.07 Å². The maximum absolute atomic E-state index is 9.00. The summed E-state index contributed by atoms with van der Waals surface area (Å²) in [5.74, 6) is 0.757. The zero-order chi connectivity index (χ0) is 10.5. The van der Waals surface area contributed by atoms with Crippen LogP contribution in [0.2, 0.25) is 0 Å². The van der Waals surface area contributed by atoms with E-state index in [0.29, 0.717) is 0 Å². The molecular formula is C12H18N2O. The Morgan fingerprint density at radius 1 is 1.27 bits per heavy atom. The van der Waals surface area contributed by atoms with Crippen molar-refractivity contribution in [1.82, 2.24) is 10.3 Å². The van der Waals surface area contributed by atoms with Crippen molar-refractivity contribution in [2.24, 2.45) is 5.92 Å². The molecule has 1 saturated heterocycles. The van der Waals surface area contributed by atoms with E-state index in [9.17, 15) is 0 Å². The van der Waals surface area contributed by atoms with E-state index in [1.54, 1.807) is 0 Å². The quantitative estimate of drug-likeness (QED) is 0.779. The van der Waals surface area contributed by atoms with Crippen LogP contribution in [0.1, 0.15) is 24.2 Å². The highest BCUT2D eigenvalue weighted by Gasteiger charge is 2.13. The van der Waals surface area contributed by atoms with Crippen molar-refractivity contribution in [1.29, 1.82) is 0 Å². The molecule has 0 unspecified atom stereocenters. The van der Waals surface area contributed by atoms with Crippen molar-refractivity contribution in [3.63, 3.8) is 0 Å². The molecular weight excluding hydrogens is 188 g/mol. The minimum Gasteiger partial charge on any atom is -0.390 e. The molecule has 0 aromatic carbocycles. The summed E-state index contributed by atoms with van der Waals surface area (Å²) in [7, 11) is 0. The lowest BCUT2D eigenvalue weighted by atomic mass is 9.93. The molecule has 2 N–H and O–H groups in total. The van der Waals surface area contributed by atoms with Gasteiger partial charge in [-0.2, -0.15) is 0 Å². The molecule has 0 saturated carbocycles. The second-order valence-corrected chi connectivity index (χ2v) is 4.18. The number of aromatic nitrogens is 1. The van der Waals surface area contributed by atoms with E-state index < -0.39 is 0 Å². The lowest BCUT2D eigenvalue weighted by Gasteiger charge is -2.22. The van der Waals surface area contributed by atoms with Gasteiger partial charge in [-0.05, 0) is 50.4 Å². The third-order valence-corrected chi connectivity index (χ3v) is 2.98. The molecule has 1 aromatic rings. The molecule has 0 bridgehead atoms. The zero-order valence-electron chi connectivity index (χ0n) is 8.95. The van der Waals surface area contributed by atoms with Crippen molar-refractivity contribution in [3.05, 3.63) is 29.6 Å². The number of aliphatic hydroxyl groups excluding tert-OH is 1. The number of hydrogen-bond donors (Lipinski definition) is 2. The van der Waals surface area contributed by atoms with Gasteiger partial charge >= 0.3 is 0 Å². The molecule has 1 aromatic heterocycles. The Balaban J connectivity index is 1.96. The molecule has 2 heterocycles. The van der Waals surface area contributed by atoms with Crippen LogP contribution in [0.3, 0.4) is 0 Å². The maximum Gasteiger partial charge on any atom is 0.0853 e. The van der Waals surface area contributed by atoms with E-state index in [1.807, 2.05) is 12.1 Å². The van der Waals surface area contributed by atoms with Crippen LogP contribution in [-0.2, 0) is 13.0 Å². The van der Waals surface area contributed by atoms with Crippen LogP contribution in [0.15, 0.2) is 18.2 Å². The Kier molecular flexibility index (Phi) is 3.69. The largest absolute Gasteiger partial charge is 0.390 e. The standard InChI is InChI=1S/C12H18N2O/c15-9-12-3-1-2-11(14-12)8-10-4-6-13-7-5-10/h1-3,10,13,15H,4-9H2. The van der Waals surface area contributed by atoms with Gasteiger partial charge in [0.15, 0.2) is 0 Å². The third-order valence-electron chi connectivity index (χ3n) is 2.98. The molecule has 1 aliphatic heterocycles. The van der Waals surface area contributed by atoms with Crippen molar-refractivity contribution in [3.8, 4) is 0 Å². The van der Waals surface area contributed by atoms with Crippen molar-refractivity contribution < 1.29 is 5.11 Å². The van der Waals surface area contributed by atoms with Crippen LogP contribution in [0, 0.1) is 5.92 Å². The molecule has 1 fully saturated rings. The van der Waals surface area contributed by atoms with Gasteiger partial charge < -0.3 is 10.4 Å². The molecule has 2 rings (SSSR count). The second kappa shape index (κ2) is 5.24. The van der Waals surface area contributed by atoms with Crippen molar-refractivity contribution in [2.75, 3.05) is 13.1 Å². The van der Waals surface area contributed by atoms with Crippen LogP contribution in [0.5, 0.6) is 0 Å². The predicted molar refractivity (Wildman–Crippen MR) is 59.5 cm³/mol. The molecule has 0 spiro atoms. The predicted octanol–water partition coefficient (Wildman–Crippen LogP) is 1.12. The summed E-state index contributed by atoms with van der Waals surface area (Å²) >= 11 is 0. The summed E-state index contributed by atoms with van der Waals surface area (Å²) in [6.07, 6.45) is 3.53. The number of piperidine rings is 1. The number of pyridine rings is 1. The summed E-state index contributed by atoms with van der Waals surface area (Å²) in [5.41, 5.74) is 1.90. The summed E-state index contributed by atoms with van der Waals surface area (Å²) in [6.45, 7) is 2.30. The first-order valence-electron chi connectivity index (χ1n) is 5.65. The lowest BCUT2D eigenvalue weighted by Crippen LogP contribution is -2.28. The van der Waals surface area contributed by atoms with E-state index in [0.717, 1.165) is 36.8 Å². The van der Waals surface area contributed by atoms with Gasteiger partial charge in [-0.3, -0.25) is 4.98 Å². The summed E-state index contributed by atoms with van der Waals surface area (Å²) in [6, 6.07) is 5.90. The molecule has 0 radical (unpaired) electrons. The van der Waals surface area contributed by atoms with Crippen molar-refractivity contribution >= 4 is 0 Å². The highest BCUT2D eigenvalue weighted by Crippen LogP contribution is 2.16. The Morgan fingerprint density at radius 2 is 2.00 bits per heavy atom. The van der Waals surface area contributed by atoms with Gasteiger partial charge in [-0.25, -0.2) is 0 Å². The van der Waals surface area contributed by atoms with Gasteiger partial charge in [0.05, 0.1) is 12.3 Å². The van der Waals surface area contributed by atoms with Gasteiger partial charge in [0.25, 0.3) is 0 Å². The SMILES string of the molecule is OCc1cccc(CC2CCNCC2)n1. The van der Waals surface area contributed by atoms with Crippen LogP contribution in [0.4, 0.5) is 0 Å². The van der Waals surface area contributed by atoms with E-state index in [1.165, 1.54) is 12.8 Å². The topological polar surface area (TPSA) is 45.1 Å². The molecule has 0 atom stereocenters. The first-order valence-corrected chi connectivity index (χ1v) is 5.65.